The molecule has 8 rings (SSSR count). The van der Waals surface area contributed by atoms with Crippen LogP contribution in [-0.4, -0.2) is 142 Å². The molecule has 4 amide bonds. The number of amides is 4. The number of benzene rings is 2. The lowest BCUT2D eigenvalue weighted by Gasteiger charge is -2.43. The Bertz CT molecular complexity index is 2120. The number of imide groups is 2. The molecule has 0 saturated carbocycles. The molecule has 0 bridgehead atoms. The standard InChI is InChI=1S/C39H45N9O7/c1-23(2)55-26-5-7-31-30(17-26)36(44-43-31)32-18-34(41-22-40-32)47-13-12-46(24(3)19-47)11-10-45-20-27(21-45)54-15-14-53-25-4-6-28-29(16-25)39(52)48(38(28)51)33-8-9-35(49)42-37(33)50/h4-7,16-18,22-24,27,33H,8-15,19-21H2,1-3H3,(H,43,44)(H,42,49,50)/t24-,33?/m0/s1. The Kier molecular flexibility index (Phi) is 10.2. The van der Waals surface area contributed by atoms with Gasteiger partial charge >= 0.3 is 0 Å². The number of aromatic nitrogens is 4. The lowest BCUT2D eigenvalue weighted by molar-refractivity contribution is -0.136. The van der Waals surface area contributed by atoms with Gasteiger partial charge in [0, 0.05) is 69.7 Å². The van der Waals surface area contributed by atoms with Crippen molar-refractivity contribution in [2.45, 2.75) is 57.9 Å². The molecule has 4 aromatic rings. The van der Waals surface area contributed by atoms with Crippen LogP contribution in [-0.2, 0) is 14.3 Å². The van der Waals surface area contributed by atoms with Gasteiger partial charge in [-0.15, -0.1) is 0 Å². The van der Waals surface area contributed by atoms with E-state index in [1.807, 2.05) is 38.1 Å². The molecule has 4 aliphatic rings. The third kappa shape index (κ3) is 7.61. The third-order valence-corrected chi connectivity index (χ3v) is 10.6. The van der Waals surface area contributed by atoms with Gasteiger partial charge in [-0.05, 0) is 63.6 Å². The minimum absolute atomic E-state index is 0.0733. The summed E-state index contributed by atoms with van der Waals surface area (Å²) < 4.78 is 17.8. The molecule has 6 heterocycles. The van der Waals surface area contributed by atoms with Crippen molar-refractivity contribution in [1.82, 2.24) is 40.2 Å². The number of H-pyrrole nitrogens is 1. The van der Waals surface area contributed by atoms with E-state index in [2.05, 4.69) is 47.1 Å². The predicted octanol–water partition coefficient (Wildman–Crippen LogP) is 2.50. The second-order valence-electron chi connectivity index (χ2n) is 14.8. The highest BCUT2D eigenvalue weighted by Crippen LogP contribution is 2.32. The normalized spacial score (nSPS) is 21.0. The summed E-state index contributed by atoms with van der Waals surface area (Å²) in [6.07, 6.45) is 2.01. The molecule has 55 heavy (non-hydrogen) atoms. The average Bonchev–Trinajstić information content (AvgIpc) is 3.68. The Morgan fingerprint density at radius 3 is 2.51 bits per heavy atom. The number of nitrogens with zero attached hydrogens (tertiary/aromatic N) is 7. The Morgan fingerprint density at radius 2 is 1.71 bits per heavy atom. The van der Waals surface area contributed by atoms with Gasteiger partial charge in [0.15, 0.2) is 0 Å². The highest BCUT2D eigenvalue weighted by atomic mass is 16.5. The van der Waals surface area contributed by atoms with Gasteiger partial charge in [0.05, 0.1) is 41.2 Å². The van der Waals surface area contributed by atoms with E-state index in [-0.39, 0.29) is 42.8 Å². The maximum absolute atomic E-state index is 13.1. The van der Waals surface area contributed by atoms with Gasteiger partial charge in [-0.1, -0.05) is 0 Å². The molecule has 1 unspecified atom stereocenters. The number of aromatic amines is 1. The van der Waals surface area contributed by atoms with Crippen molar-refractivity contribution < 1.29 is 33.4 Å². The molecule has 0 radical (unpaired) electrons. The van der Waals surface area contributed by atoms with Gasteiger partial charge in [-0.25, -0.2) is 9.97 Å². The Balaban J connectivity index is 0.753. The van der Waals surface area contributed by atoms with Crippen LogP contribution in [0, 0.1) is 0 Å². The monoisotopic (exact) mass is 751 g/mol. The van der Waals surface area contributed by atoms with E-state index in [0.717, 1.165) is 84.6 Å². The summed E-state index contributed by atoms with van der Waals surface area (Å²) in [5.41, 5.74) is 2.88. The maximum atomic E-state index is 13.1. The Morgan fingerprint density at radius 1 is 0.891 bits per heavy atom. The van der Waals surface area contributed by atoms with Gasteiger partial charge in [0.25, 0.3) is 11.8 Å². The minimum Gasteiger partial charge on any atom is -0.491 e. The van der Waals surface area contributed by atoms with Crippen molar-refractivity contribution in [2.24, 2.45) is 0 Å². The number of hydrogen-bond donors (Lipinski definition) is 2. The quantitative estimate of drug-likeness (QED) is 0.151. The molecule has 0 spiro atoms. The smallest absolute Gasteiger partial charge is 0.262 e. The first-order valence-electron chi connectivity index (χ1n) is 18.9. The number of carbonyl (C=O) groups excluding carboxylic acids is 4. The van der Waals surface area contributed by atoms with E-state index in [0.29, 0.717) is 18.4 Å². The molecule has 16 heteroatoms. The summed E-state index contributed by atoms with van der Waals surface area (Å²) in [5, 5.41) is 10.9. The fourth-order valence-electron chi connectivity index (χ4n) is 7.71. The molecule has 16 nitrogen and oxygen atoms in total. The van der Waals surface area contributed by atoms with Crippen molar-refractivity contribution in [1.29, 1.82) is 0 Å². The first-order chi connectivity index (χ1) is 26.6. The molecule has 2 N–H and O–H groups in total. The summed E-state index contributed by atoms with van der Waals surface area (Å²) in [7, 11) is 0. The molecule has 2 aromatic heterocycles. The number of rotatable bonds is 13. The number of fused-ring (bicyclic) bond motifs is 2. The molecule has 2 atom stereocenters. The van der Waals surface area contributed by atoms with Crippen molar-refractivity contribution in [3.8, 4) is 22.9 Å². The summed E-state index contributed by atoms with van der Waals surface area (Å²) in [6.45, 7) is 13.3. The van der Waals surface area contributed by atoms with Gasteiger partial charge in [0.2, 0.25) is 11.8 Å². The first-order valence-corrected chi connectivity index (χ1v) is 18.9. The van der Waals surface area contributed by atoms with Crippen LogP contribution in [0.4, 0.5) is 5.82 Å². The molecule has 3 fully saturated rings. The van der Waals surface area contributed by atoms with Gasteiger partial charge in [0.1, 0.15) is 42.0 Å². The molecule has 4 aliphatic heterocycles. The predicted molar refractivity (Wildman–Crippen MR) is 201 cm³/mol. The van der Waals surface area contributed by atoms with Crippen LogP contribution < -0.4 is 19.7 Å². The zero-order chi connectivity index (χ0) is 38.2. The summed E-state index contributed by atoms with van der Waals surface area (Å²) >= 11 is 0. The Hall–Kier alpha value is -5.45. The Labute approximate surface area is 318 Å². The highest BCUT2D eigenvalue weighted by molar-refractivity contribution is 6.23. The van der Waals surface area contributed by atoms with Crippen LogP contribution in [0.1, 0.15) is 54.3 Å². The van der Waals surface area contributed by atoms with E-state index < -0.39 is 29.7 Å². The second kappa shape index (κ2) is 15.4. The van der Waals surface area contributed by atoms with E-state index in [4.69, 9.17) is 14.2 Å². The second-order valence-corrected chi connectivity index (χ2v) is 14.8. The van der Waals surface area contributed by atoms with Crippen LogP contribution in [0.15, 0.2) is 48.8 Å². The molecular weight excluding hydrogens is 706 g/mol. The number of carbonyl (C=O) groups is 4. The van der Waals surface area contributed by atoms with E-state index in [1.165, 1.54) is 12.1 Å². The highest BCUT2D eigenvalue weighted by Gasteiger charge is 2.44. The third-order valence-electron chi connectivity index (χ3n) is 10.6. The summed E-state index contributed by atoms with van der Waals surface area (Å²) in [6, 6.07) is 12.0. The zero-order valence-electron chi connectivity index (χ0n) is 31.2. The number of ether oxygens (including phenoxy) is 3. The summed E-state index contributed by atoms with van der Waals surface area (Å²) in [4.78, 5) is 67.2. The van der Waals surface area contributed by atoms with Crippen LogP contribution in [0.3, 0.4) is 0 Å². The van der Waals surface area contributed by atoms with Crippen LogP contribution >= 0.6 is 0 Å². The van der Waals surface area contributed by atoms with Crippen molar-refractivity contribution in [3.63, 3.8) is 0 Å². The lowest BCUT2D eigenvalue weighted by atomic mass is 10.0. The van der Waals surface area contributed by atoms with Crippen molar-refractivity contribution in [2.75, 3.05) is 63.9 Å². The fraction of sp³-hybridized carbons (Fsp3) is 0.462. The van der Waals surface area contributed by atoms with E-state index in [1.54, 1.807) is 12.4 Å². The summed E-state index contributed by atoms with van der Waals surface area (Å²) in [5.74, 6) is -0.0147. The zero-order valence-corrected chi connectivity index (χ0v) is 31.2. The maximum Gasteiger partial charge on any atom is 0.262 e. The molecule has 3 saturated heterocycles. The first kappa shape index (κ1) is 36.5. The average molecular weight is 752 g/mol. The van der Waals surface area contributed by atoms with Crippen molar-refractivity contribution >= 4 is 40.3 Å². The molecule has 0 aliphatic carbocycles. The minimum atomic E-state index is -1.00. The van der Waals surface area contributed by atoms with E-state index in [9.17, 15) is 19.2 Å². The van der Waals surface area contributed by atoms with Crippen LogP contribution in [0.25, 0.3) is 22.3 Å². The van der Waals surface area contributed by atoms with Gasteiger partial charge in [-0.2, -0.15) is 5.10 Å². The number of likely N-dealkylation sites (tertiary alicyclic amines) is 1. The number of piperazine rings is 1. The van der Waals surface area contributed by atoms with Gasteiger partial charge in [-0.3, -0.25) is 44.3 Å². The molecule has 288 valence electrons. The topological polar surface area (TPSA) is 175 Å². The number of anilines is 1. The molecule has 2 aromatic carbocycles. The largest absolute Gasteiger partial charge is 0.491 e. The van der Waals surface area contributed by atoms with Crippen LogP contribution in [0.5, 0.6) is 11.5 Å². The number of piperidine rings is 1. The van der Waals surface area contributed by atoms with Crippen LogP contribution in [0.2, 0.25) is 0 Å². The molecular formula is C39H45N9O7. The lowest BCUT2D eigenvalue weighted by Crippen LogP contribution is -2.57. The van der Waals surface area contributed by atoms with E-state index >= 15 is 0 Å². The van der Waals surface area contributed by atoms with Crippen molar-refractivity contribution in [3.05, 3.63) is 59.9 Å². The fourth-order valence-corrected chi connectivity index (χ4v) is 7.71. The van der Waals surface area contributed by atoms with Gasteiger partial charge < -0.3 is 19.1 Å². The number of nitrogens with one attached hydrogen (secondary N) is 2. The SMILES string of the molecule is CC(C)Oc1ccc2[nH]nc(-c3cc(N4CCN(CCN5CC(OCCOc6ccc7c(c6)C(=O)N(C6CCC(=O)NC6=O)C7=O)C5)[C@@H](C)C4)ncn3)c2c1. The number of hydrogen-bond acceptors (Lipinski definition) is 13.